The van der Waals surface area contributed by atoms with Gasteiger partial charge in [-0.3, -0.25) is 0 Å². The van der Waals surface area contributed by atoms with E-state index in [0.717, 1.165) is 5.56 Å². The molecule has 0 aromatic heterocycles. The number of alkyl halides is 2. The van der Waals surface area contributed by atoms with E-state index in [2.05, 4.69) is 0 Å². The van der Waals surface area contributed by atoms with E-state index in [1.807, 2.05) is 0 Å². The summed E-state index contributed by atoms with van der Waals surface area (Å²) >= 11 is 0. The summed E-state index contributed by atoms with van der Waals surface area (Å²) in [5.74, 6) is 0. The molecule has 0 nitrogen and oxygen atoms in total. The van der Waals surface area contributed by atoms with Gasteiger partial charge in [-0.1, -0.05) is 18.2 Å². The summed E-state index contributed by atoms with van der Waals surface area (Å²) in [6.45, 7) is 4.10. The van der Waals surface area contributed by atoms with Gasteiger partial charge in [0.05, 0.1) is 0 Å². The molecule has 0 heterocycles. The van der Waals surface area contributed by atoms with E-state index in [1.165, 1.54) is 0 Å². The quantitative estimate of drug-likeness (QED) is 0.651. The van der Waals surface area contributed by atoms with Crippen LogP contribution in [-0.2, 0) is 19.8 Å². The number of hydrogen-bond acceptors (Lipinski definition) is 0. The highest BCUT2D eigenvalue weighted by Gasteiger charge is 2.02. The van der Waals surface area contributed by atoms with Crippen molar-refractivity contribution in [2.45, 2.75) is 19.8 Å². The molecule has 1 aromatic rings. The molecule has 0 unspecified atom stereocenters. The van der Waals surface area contributed by atoms with Crippen LogP contribution in [0.4, 0.5) is 8.78 Å². The second-order valence-electron chi connectivity index (χ2n) is 2.57. The van der Waals surface area contributed by atoms with Crippen molar-refractivity contribution in [2.75, 3.05) is 0 Å². The summed E-state index contributed by atoms with van der Waals surface area (Å²) in [6, 6.07) is 4.90. The summed E-state index contributed by atoms with van der Waals surface area (Å²) in [6.07, 6.45) is 0.361. The van der Waals surface area contributed by atoms with E-state index in [0.29, 0.717) is 17.5 Å². The topological polar surface area (TPSA) is 0 Å². The molecule has 0 saturated heterocycles. The highest BCUT2D eigenvalue weighted by Crippen LogP contribution is 2.14. The van der Waals surface area contributed by atoms with Gasteiger partial charge in [-0.05, 0) is 30.0 Å². The van der Waals surface area contributed by atoms with Gasteiger partial charge in [-0.25, -0.2) is 8.78 Å². The van der Waals surface area contributed by atoms with Crippen LogP contribution in [0.15, 0.2) is 18.2 Å². The molecule has 0 aliphatic carbocycles. The Morgan fingerprint density at radius 1 is 1.08 bits per heavy atom. The Bertz CT molecular complexity index is 256. The molecule has 2 radical (unpaired) electrons. The fraction of sp³-hybridized carbons (Fsp3) is 0.300. The Morgan fingerprint density at radius 3 is 2.25 bits per heavy atom. The zero-order chi connectivity index (χ0) is 8.97. The fourth-order valence-corrected chi connectivity index (χ4v) is 1.06. The van der Waals surface area contributed by atoms with Gasteiger partial charge in [0.15, 0.2) is 0 Å². The first-order chi connectivity index (χ1) is 5.81. The maximum atomic E-state index is 12.3. The minimum Gasteiger partial charge on any atom is -0.246 e. The van der Waals surface area contributed by atoms with Crippen molar-refractivity contribution in [3.8, 4) is 0 Å². The smallest absolute Gasteiger partial charge is 0.115 e. The van der Waals surface area contributed by atoms with Gasteiger partial charge in [0.25, 0.3) is 0 Å². The van der Waals surface area contributed by atoms with Gasteiger partial charge in [-0.15, -0.1) is 0 Å². The molecular formula is C10H10F2. The zero-order valence-corrected chi connectivity index (χ0v) is 6.69. The Kier molecular flexibility index (Phi) is 3.20. The van der Waals surface area contributed by atoms with E-state index >= 15 is 0 Å². The van der Waals surface area contributed by atoms with E-state index in [-0.39, 0.29) is 0 Å². The van der Waals surface area contributed by atoms with Gasteiger partial charge in [0.1, 0.15) is 13.3 Å². The first-order valence-corrected chi connectivity index (χ1v) is 3.74. The molecule has 0 spiro atoms. The lowest BCUT2D eigenvalue weighted by molar-refractivity contribution is 0.454. The minimum absolute atomic E-state index is 0.361. The third-order valence-corrected chi connectivity index (χ3v) is 1.79. The highest BCUT2D eigenvalue weighted by atomic mass is 19.1. The number of hydrogen-bond donors (Lipinski definition) is 0. The second kappa shape index (κ2) is 4.19. The molecule has 0 aliphatic rings. The predicted molar refractivity (Wildman–Crippen MR) is 44.1 cm³/mol. The van der Waals surface area contributed by atoms with Crippen LogP contribution in [0.25, 0.3) is 0 Å². The molecule has 0 fully saturated rings. The number of rotatable bonds is 3. The van der Waals surface area contributed by atoms with Crippen LogP contribution < -0.4 is 0 Å². The third-order valence-electron chi connectivity index (χ3n) is 1.79. The van der Waals surface area contributed by atoms with Crippen molar-refractivity contribution in [3.05, 3.63) is 41.8 Å². The summed E-state index contributed by atoms with van der Waals surface area (Å²) in [5, 5.41) is 0. The summed E-state index contributed by atoms with van der Waals surface area (Å²) < 4.78 is 24.5. The van der Waals surface area contributed by atoms with Crippen molar-refractivity contribution in [1.82, 2.24) is 0 Å². The SMILES string of the molecule is [CH]Cc1ccc(CF)c(CF)c1. The van der Waals surface area contributed by atoms with Gasteiger partial charge < -0.3 is 0 Å². The Morgan fingerprint density at radius 2 is 1.75 bits per heavy atom. The van der Waals surface area contributed by atoms with Crippen molar-refractivity contribution in [3.63, 3.8) is 0 Å². The first-order valence-electron chi connectivity index (χ1n) is 3.74. The van der Waals surface area contributed by atoms with Crippen LogP contribution >= 0.6 is 0 Å². The number of benzene rings is 1. The largest absolute Gasteiger partial charge is 0.246 e. The average molecular weight is 168 g/mol. The molecule has 64 valence electrons. The van der Waals surface area contributed by atoms with Crippen LogP contribution in [0.5, 0.6) is 0 Å². The van der Waals surface area contributed by atoms with Crippen molar-refractivity contribution in [2.24, 2.45) is 0 Å². The third kappa shape index (κ3) is 1.81. The lowest BCUT2D eigenvalue weighted by Crippen LogP contribution is -1.91. The van der Waals surface area contributed by atoms with E-state index in [1.54, 1.807) is 18.2 Å². The fourth-order valence-electron chi connectivity index (χ4n) is 1.06. The van der Waals surface area contributed by atoms with Crippen LogP contribution in [0.1, 0.15) is 16.7 Å². The molecule has 1 aromatic carbocycles. The Labute approximate surface area is 71.2 Å². The second-order valence-corrected chi connectivity index (χ2v) is 2.57. The summed E-state index contributed by atoms with van der Waals surface area (Å²) in [5.41, 5.74) is 1.65. The predicted octanol–water partition coefficient (Wildman–Crippen LogP) is 2.88. The highest BCUT2D eigenvalue weighted by molar-refractivity contribution is 5.31. The molecule has 0 atom stereocenters. The van der Waals surface area contributed by atoms with Crippen LogP contribution in [0.2, 0.25) is 0 Å². The maximum Gasteiger partial charge on any atom is 0.115 e. The van der Waals surface area contributed by atoms with Crippen LogP contribution in [0.3, 0.4) is 0 Å². The standard InChI is InChI=1S/C10H10F2/c1-2-8-3-4-9(6-11)10(5-8)7-12/h1,3-5H,2,6-7H2. The lowest BCUT2D eigenvalue weighted by Gasteiger charge is -2.04. The van der Waals surface area contributed by atoms with Gasteiger partial charge in [0.2, 0.25) is 0 Å². The molecule has 0 bridgehead atoms. The van der Waals surface area contributed by atoms with E-state index in [4.69, 9.17) is 6.92 Å². The molecule has 0 amide bonds. The van der Waals surface area contributed by atoms with E-state index < -0.39 is 13.3 Å². The van der Waals surface area contributed by atoms with Gasteiger partial charge in [0, 0.05) is 0 Å². The Hall–Kier alpha value is -0.920. The maximum absolute atomic E-state index is 12.3. The molecule has 0 saturated carbocycles. The first kappa shape index (κ1) is 9.17. The molecule has 12 heavy (non-hydrogen) atoms. The normalized spacial score (nSPS) is 10.2. The Balaban J connectivity index is 3.02. The monoisotopic (exact) mass is 168 g/mol. The van der Waals surface area contributed by atoms with Crippen LogP contribution in [0, 0.1) is 6.92 Å². The molecular weight excluding hydrogens is 158 g/mol. The molecule has 2 heteroatoms. The summed E-state index contributed by atoms with van der Waals surface area (Å²) in [7, 11) is 0. The average Bonchev–Trinajstić information content (AvgIpc) is 2.16. The number of halogens is 2. The van der Waals surface area contributed by atoms with Crippen molar-refractivity contribution >= 4 is 0 Å². The molecule has 0 aliphatic heterocycles. The van der Waals surface area contributed by atoms with Crippen molar-refractivity contribution < 1.29 is 8.78 Å². The minimum atomic E-state index is -0.632. The zero-order valence-electron chi connectivity index (χ0n) is 6.69. The van der Waals surface area contributed by atoms with Gasteiger partial charge in [-0.2, -0.15) is 0 Å². The van der Waals surface area contributed by atoms with Crippen LogP contribution in [-0.4, -0.2) is 0 Å². The van der Waals surface area contributed by atoms with Crippen molar-refractivity contribution in [1.29, 1.82) is 0 Å². The van der Waals surface area contributed by atoms with E-state index in [9.17, 15) is 8.78 Å². The molecule has 0 N–H and O–H groups in total. The lowest BCUT2D eigenvalue weighted by atomic mass is 10.0. The summed E-state index contributed by atoms with van der Waals surface area (Å²) in [4.78, 5) is 0. The molecule has 1 rings (SSSR count). The van der Waals surface area contributed by atoms with Gasteiger partial charge >= 0.3 is 0 Å².